The van der Waals surface area contributed by atoms with Crippen molar-refractivity contribution in [1.29, 1.82) is 0 Å². The lowest BCUT2D eigenvalue weighted by molar-refractivity contribution is -0.134. The normalized spacial score (nSPS) is 15.3. The van der Waals surface area contributed by atoms with Crippen molar-refractivity contribution in [2.24, 2.45) is 0 Å². The molecule has 1 aliphatic rings. The van der Waals surface area contributed by atoms with E-state index in [4.69, 9.17) is 9.84 Å². The van der Waals surface area contributed by atoms with Crippen LogP contribution in [-0.4, -0.2) is 42.2 Å². The fourth-order valence-corrected chi connectivity index (χ4v) is 2.35. The predicted octanol–water partition coefficient (Wildman–Crippen LogP) is 1.61. The second-order valence-electron chi connectivity index (χ2n) is 4.81. The van der Waals surface area contributed by atoms with E-state index in [1.165, 1.54) is 6.42 Å². The molecule has 104 valence electrons. The maximum atomic E-state index is 12.0. The highest BCUT2D eigenvalue weighted by Gasteiger charge is 2.17. The lowest BCUT2D eigenvalue weighted by Crippen LogP contribution is -2.38. The topological polar surface area (TPSA) is 49.8 Å². The maximum absolute atomic E-state index is 12.0. The standard InChI is InChI=1S/C15H21NO3/c17-11-8-13-6-2-3-7-14(13)19-12-15(18)16-9-4-1-5-10-16/h2-3,6-7,17H,1,4-5,8-12H2. The highest BCUT2D eigenvalue weighted by molar-refractivity contribution is 5.77. The van der Waals surface area contributed by atoms with Crippen LogP contribution in [0.5, 0.6) is 5.75 Å². The number of aliphatic hydroxyl groups is 1. The Labute approximate surface area is 114 Å². The summed E-state index contributed by atoms with van der Waals surface area (Å²) in [5.74, 6) is 0.750. The van der Waals surface area contributed by atoms with Crippen LogP contribution in [0.15, 0.2) is 24.3 Å². The molecule has 1 aromatic rings. The Bertz CT molecular complexity index is 414. The highest BCUT2D eigenvalue weighted by Crippen LogP contribution is 2.18. The summed E-state index contributed by atoms with van der Waals surface area (Å²) in [5.41, 5.74) is 0.941. The first kappa shape index (κ1) is 13.9. The van der Waals surface area contributed by atoms with E-state index in [-0.39, 0.29) is 19.1 Å². The van der Waals surface area contributed by atoms with Gasteiger partial charge in [-0.3, -0.25) is 4.79 Å². The molecule has 0 bridgehead atoms. The second kappa shape index (κ2) is 7.14. The van der Waals surface area contributed by atoms with Crippen LogP contribution >= 0.6 is 0 Å². The van der Waals surface area contributed by atoms with Gasteiger partial charge in [0.2, 0.25) is 0 Å². The van der Waals surface area contributed by atoms with Crippen LogP contribution < -0.4 is 4.74 Å². The van der Waals surface area contributed by atoms with Crippen molar-refractivity contribution in [3.8, 4) is 5.75 Å². The summed E-state index contributed by atoms with van der Waals surface area (Å²) in [5, 5.41) is 8.99. The van der Waals surface area contributed by atoms with Gasteiger partial charge in [-0.1, -0.05) is 18.2 Å². The summed E-state index contributed by atoms with van der Waals surface area (Å²) in [6, 6.07) is 7.54. The first-order valence-electron chi connectivity index (χ1n) is 6.90. The monoisotopic (exact) mass is 263 g/mol. The van der Waals surface area contributed by atoms with E-state index in [2.05, 4.69) is 0 Å². The quantitative estimate of drug-likeness (QED) is 0.878. The van der Waals surface area contributed by atoms with E-state index in [1.807, 2.05) is 29.2 Å². The fourth-order valence-electron chi connectivity index (χ4n) is 2.35. The van der Waals surface area contributed by atoms with Gasteiger partial charge in [0.25, 0.3) is 5.91 Å². The smallest absolute Gasteiger partial charge is 0.260 e. The minimum Gasteiger partial charge on any atom is -0.483 e. The molecule has 1 heterocycles. The first-order valence-corrected chi connectivity index (χ1v) is 6.90. The molecule has 2 rings (SSSR count). The summed E-state index contributed by atoms with van der Waals surface area (Å²) < 4.78 is 5.60. The minimum atomic E-state index is 0.0542. The predicted molar refractivity (Wildman–Crippen MR) is 73.2 cm³/mol. The number of rotatable bonds is 5. The van der Waals surface area contributed by atoms with E-state index in [9.17, 15) is 4.79 Å². The number of likely N-dealkylation sites (tertiary alicyclic amines) is 1. The van der Waals surface area contributed by atoms with Crippen LogP contribution in [0.25, 0.3) is 0 Å². The average Bonchev–Trinajstić information content (AvgIpc) is 2.47. The number of para-hydroxylation sites is 1. The molecular formula is C15H21NO3. The molecule has 1 aliphatic heterocycles. The number of nitrogens with zero attached hydrogens (tertiary/aromatic N) is 1. The number of hydrogen-bond donors (Lipinski definition) is 1. The maximum Gasteiger partial charge on any atom is 0.260 e. The molecule has 0 atom stereocenters. The number of carbonyl (C=O) groups excluding carboxylic acids is 1. The molecule has 0 aliphatic carbocycles. The van der Waals surface area contributed by atoms with E-state index < -0.39 is 0 Å². The van der Waals surface area contributed by atoms with Crippen LogP contribution in [0.3, 0.4) is 0 Å². The molecule has 0 unspecified atom stereocenters. The van der Waals surface area contributed by atoms with E-state index in [0.29, 0.717) is 12.2 Å². The molecule has 0 radical (unpaired) electrons. The number of ether oxygens (including phenoxy) is 1. The van der Waals surface area contributed by atoms with Gasteiger partial charge in [-0.2, -0.15) is 0 Å². The summed E-state index contributed by atoms with van der Waals surface area (Å²) in [6.45, 7) is 1.86. The fraction of sp³-hybridized carbons (Fsp3) is 0.533. The highest BCUT2D eigenvalue weighted by atomic mass is 16.5. The van der Waals surface area contributed by atoms with E-state index in [1.54, 1.807) is 0 Å². The van der Waals surface area contributed by atoms with Gasteiger partial charge in [-0.25, -0.2) is 0 Å². The largest absolute Gasteiger partial charge is 0.483 e. The Kier molecular flexibility index (Phi) is 5.21. The van der Waals surface area contributed by atoms with Crippen LogP contribution in [0, 0.1) is 0 Å². The third kappa shape index (κ3) is 3.96. The summed E-state index contributed by atoms with van der Waals surface area (Å²) in [4.78, 5) is 13.9. The molecule has 0 saturated carbocycles. The molecular weight excluding hydrogens is 242 g/mol. The van der Waals surface area contributed by atoms with Crippen molar-refractivity contribution < 1.29 is 14.6 Å². The van der Waals surface area contributed by atoms with Crippen molar-refractivity contribution >= 4 is 5.91 Å². The average molecular weight is 263 g/mol. The Hall–Kier alpha value is -1.55. The third-order valence-corrected chi connectivity index (χ3v) is 3.41. The number of aliphatic hydroxyl groups excluding tert-OH is 1. The van der Waals surface area contributed by atoms with Gasteiger partial charge < -0.3 is 14.7 Å². The van der Waals surface area contributed by atoms with E-state index >= 15 is 0 Å². The van der Waals surface area contributed by atoms with Crippen LogP contribution in [-0.2, 0) is 11.2 Å². The summed E-state index contributed by atoms with van der Waals surface area (Å²) >= 11 is 0. The molecule has 1 fully saturated rings. The van der Waals surface area contributed by atoms with E-state index in [0.717, 1.165) is 31.5 Å². The van der Waals surface area contributed by atoms with Crippen molar-refractivity contribution in [1.82, 2.24) is 4.90 Å². The molecule has 1 amide bonds. The minimum absolute atomic E-state index is 0.0542. The van der Waals surface area contributed by atoms with Gasteiger partial charge in [-0.15, -0.1) is 0 Å². The first-order chi connectivity index (χ1) is 9.31. The third-order valence-electron chi connectivity index (χ3n) is 3.41. The second-order valence-corrected chi connectivity index (χ2v) is 4.81. The van der Waals surface area contributed by atoms with Gasteiger partial charge in [0.05, 0.1) is 0 Å². The zero-order valence-corrected chi connectivity index (χ0v) is 11.2. The number of piperidine rings is 1. The number of hydrogen-bond acceptors (Lipinski definition) is 3. The zero-order valence-electron chi connectivity index (χ0n) is 11.2. The lowest BCUT2D eigenvalue weighted by Gasteiger charge is -2.26. The molecule has 0 aromatic heterocycles. The number of carbonyl (C=O) groups is 1. The van der Waals surface area contributed by atoms with Crippen molar-refractivity contribution in [2.45, 2.75) is 25.7 Å². The lowest BCUT2D eigenvalue weighted by atomic mass is 10.1. The van der Waals surface area contributed by atoms with Crippen molar-refractivity contribution in [2.75, 3.05) is 26.3 Å². The summed E-state index contributed by atoms with van der Waals surface area (Å²) in [7, 11) is 0. The molecule has 1 aromatic carbocycles. The molecule has 4 nitrogen and oxygen atoms in total. The van der Waals surface area contributed by atoms with Crippen LogP contribution in [0.1, 0.15) is 24.8 Å². The van der Waals surface area contributed by atoms with Crippen LogP contribution in [0.2, 0.25) is 0 Å². The van der Waals surface area contributed by atoms with Gasteiger partial charge in [-0.05, 0) is 37.3 Å². The molecule has 1 N–H and O–H groups in total. The summed E-state index contributed by atoms with van der Waals surface area (Å²) in [6.07, 6.45) is 3.94. The van der Waals surface area contributed by atoms with Gasteiger partial charge in [0, 0.05) is 19.7 Å². The van der Waals surface area contributed by atoms with Crippen molar-refractivity contribution in [3.05, 3.63) is 29.8 Å². The van der Waals surface area contributed by atoms with Gasteiger partial charge in [0.1, 0.15) is 5.75 Å². The molecule has 19 heavy (non-hydrogen) atoms. The van der Waals surface area contributed by atoms with Crippen molar-refractivity contribution in [3.63, 3.8) is 0 Å². The number of benzene rings is 1. The molecule has 0 spiro atoms. The Morgan fingerprint density at radius 3 is 2.68 bits per heavy atom. The Balaban J connectivity index is 1.89. The van der Waals surface area contributed by atoms with Gasteiger partial charge >= 0.3 is 0 Å². The zero-order chi connectivity index (χ0) is 13.5. The van der Waals surface area contributed by atoms with Crippen LogP contribution in [0.4, 0.5) is 0 Å². The Morgan fingerprint density at radius 1 is 1.21 bits per heavy atom. The molecule has 4 heteroatoms. The molecule has 1 saturated heterocycles. The van der Waals surface area contributed by atoms with Gasteiger partial charge in [0.15, 0.2) is 6.61 Å². The Morgan fingerprint density at radius 2 is 1.95 bits per heavy atom. The SMILES string of the molecule is O=C(COc1ccccc1CCO)N1CCCCC1. The number of amides is 1.